The van der Waals surface area contributed by atoms with Crippen LogP contribution in [0, 0.1) is 5.92 Å². The van der Waals surface area contributed by atoms with Crippen molar-refractivity contribution in [2.45, 2.75) is 29.2 Å². The molecule has 0 aliphatic rings. The van der Waals surface area contributed by atoms with E-state index in [0.717, 1.165) is 30.3 Å². The molecule has 0 bridgehead atoms. The Labute approximate surface area is 467 Å². The maximum Gasteiger partial charge on any atom is 1.00 e. The molecule has 28 heteroatoms. The van der Waals surface area contributed by atoms with E-state index in [9.17, 15) is 53.0 Å². The number of esters is 1. The summed E-state index contributed by atoms with van der Waals surface area (Å²) in [5.74, 6) is -4.95. The van der Waals surface area contributed by atoms with Crippen molar-refractivity contribution in [3.05, 3.63) is 96.6 Å². The summed E-state index contributed by atoms with van der Waals surface area (Å²) in [6, 6.07) is 14.6. The van der Waals surface area contributed by atoms with Gasteiger partial charge in [-0.15, -0.1) is 6.58 Å². The van der Waals surface area contributed by atoms with E-state index in [1.807, 2.05) is 0 Å². The maximum atomic E-state index is 12.2. The van der Waals surface area contributed by atoms with Crippen molar-refractivity contribution in [2.24, 2.45) is 26.4 Å². The minimum Gasteiger partial charge on any atom is -0.744 e. The molecule has 0 saturated heterocycles. The van der Waals surface area contributed by atoms with Gasteiger partial charge in [-0.2, -0.15) is 24.8 Å². The van der Waals surface area contributed by atoms with Crippen molar-refractivity contribution in [1.82, 2.24) is 0 Å². The van der Waals surface area contributed by atoms with Gasteiger partial charge in [-0.3, -0.25) is 9.83 Å². The second-order valence-electron chi connectivity index (χ2n) is 12.0. The van der Waals surface area contributed by atoms with E-state index in [0.29, 0.717) is 31.1 Å². The summed E-state index contributed by atoms with van der Waals surface area (Å²) < 4.78 is 61.9. The molecule has 0 aliphatic carbocycles. The van der Waals surface area contributed by atoms with Crippen LogP contribution >= 0.6 is 12.0 Å². The summed E-state index contributed by atoms with van der Waals surface area (Å²) in [6.07, 6.45) is 2.21. The number of carbonyl (C=O) groups excluding carboxylic acids is 3. The number of benzene rings is 4. The maximum absolute atomic E-state index is 12.2. The average molecular weight is 993 g/mol. The molecule has 0 aromatic heterocycles. The number of azo groups is 2. The largest absolute Gasteiger partial charge is 1.00 e. The van der Waals surface area contributed by atoms with E-state index in [4.69, 9.17) is 18.0 Å². The number of hydrogen-bond acceptors (Lipinski definition) is 22. The smallest absolute Gasteiger partial charge is 0.744 e. The Hall–Kier alpha value is -1.93. The van der Waals surface area contributed by atoms with Gasteiger partial charge in [0.15, 0.2) is 0 Å². The quantitative estimate of drug-likeness (QED) is 0.00956. The molecule has 0 heterocycles. The van der Waals surface area contributed by atoms with E-state index in [-0.39, 0.29) is 169 Å². The van der Waals surface area contributed by atoms with Crippen LogP contribution in [0.25, 0.3) is 11.1 Å². The molecule has 4 aromatic carbocycles. The minimum atomic E-state index is -5.15. The Balaban J connectivity index is 0. The molecule has 0 fully saturated rings. The van der Waals surface area contributed by atoms with Crippen LogP contribution < -0.4 is 134 Å². The van der Waals surface area contributed by atoms with Gasteiger partial charge in [-0.25, -0.2) is 8.42 Å². The molecule has 0 saturated carbocycles. The second-order valence-corrected chi connectivity index (χ2v) is 17.2. The van der Waals surface area contributed by atoms with Crippen LogP contribution in [0.5, 0.6) is 11.5 Å². The molecule has 326 valence electrons. The number of carboxylic acids is 2. The Morgan fingerprint density at radius 3 is 1.60 bits per heavy atom. The van der Waals surface area contributed by atoms with Crippen molar-refractivity contribution in [2.75, 3.05) is 27.9 Å². The molecule has 65 heavy (non-hydrogen) atoms. The van der Waals surface area contributed by atoms with Gasteiger partial charge in [-0.05, 0) is 79.6 Å². The third-order valence-electron chi connectivity index (χ3n) is 8.13. The second kappa shape index (κ2) is 32.0. The average Bonchev–Trinajstić information content (AvgIpc) is 3.24. The van der Waals surface area contributed by atoms with Crippen molar-refractivity contribution in [1.29, 1.82) is 0 Å². The molecule has 1 unspecified atom stereocenters. The molecule has 2 N–H and O–H groups in total. The van der Waals surface area contributed by atoms with Crippen LogP contribution in [0.2, 0.25) is 6.04 Å². The first-order valence-corrected chi connectivity index (χ1v) is 21.2. The van der Waals surface area contributed by atoms with Gasteiger partial charge in [0.2, 0.25) is 0 Å². The molecule has 1 atom stereocenters. The fraction of sp³-hybridized carbons (Fsp3) is 0.216. The predicted molar refractivity (Wildman–Crippen MR) is 208 cm³/mol. The van der Waals surface area contributed by atoms with Gasteiger partial charge < -0.3 is 57.8 Å². The molecule has 0 amide bonds. The SMILES string of the molecule is C=CC(C)C(=O)OCCC[Si](OC)(OC)OC.O=C([O-])c1cc(N=Nc2ccc(-c3ccc(N=Nc4ccc(O)c(C(=O)[O-])c4)cc3S(=O)(=O)[O-])c(SOO[O-])c2)ccc1O.[Na+].[Na+].[Na+].[Na+]. The number of hydrogen-bond donors (Lipinski definition) is 2. The number of phenols is 2. The van der Waals surface area contributed by atoms with Crippen LogP contribution in [-0.2, 0) is 42.3 Å². The van der Waals surface area contributed by atoms with Crippen molar-refractivity contribution >= 4 is 71.6 Å². The number of ether oxygens (including phenoxy) is 1. The Morgan fingerprint density at radius 2 is 1.18 bits per heavy atom. The van der Waals surface area contributed by atoms with Crippen LogP contribution in [0.4, 0.5) is 22.7 Å². The molecule has 0 spiro atoms. The van der Waals surface area contributed by atoms with Crippen LogP contribution in [0.15, 0.2) is 116 Å². The van der Waals surface area contributed by atoms with E-state index < -0.39 is 58.4 Å². The van der Waals surface area contributed by atoms with Gasteiger partial charge in [0, 0.05) is 49.0 Å². The predicted octanol–water partition coefficient (Wildman–Crippen LogP) is -7.91. The number of rotatable bonds is 20. The Morgan fingerprint density at radius 1 is 0.754 bits per heavy atom. The van der Waals surface area contributed by atoms with Crippen molar-refractivity contribution in [3.8, 4) is 22.6 Å². The molecule has 0 radical (unpaired) electrons. The zero-order chi connectivity index (χ0) is 45.3. The standard InChI is InChI=1S/C26H18N4O12S2.C11H22O5Si.4Na/c31-21-7-3-13(9-19(21)25(33)34)27-29-15-1-5-17(23(11-15)43-42-41-37)18-6-2-16(12-24(18)44(38,39)40)30-28-14-4-8-22(32)20(10-14)26(35)36;1-6-10(2)11(12)16-8-7-9-17(13-3,14-4)15-5;;;;/h1-12,31-32,37H,(H,33,34)(H,35,36)(H,38,39,40);6,10H,1,7-9H2,2-5H3;;;;/q;;4*+1/p-4. The summed E-state index contributed by atoms with van der Waals surface area (Å²) in [7, 11) is -3.00. The summed E-state index contributed by atoms with van der Waals surface area (Å²) in [4.78, 5) is 32.9. The van der Waals surface area contributed by atoms with Gasteiger partial charge in [-0.1, -0.05) is 18.2 Å². The zero-order valence-electron chi connectivity index (χ0n) is 36.5. The normalized spacial score (nSPS) is 11.4. The number of nitrogens with zero attached hydrogens (tertiary/aromatic N) is 4. The van der Waals surface area contributed by atoms with Crippen LogP contribution in [-0.4, -0.2) is 77.8 Å². The topological polar surface area (TPSA) is 323 Å². The van der Waals surface area contributed by atoms with Gasteiger partial charge in [0.05, 0.1) is 64.2 Å². The molecular weight excluding hydrogens is 957 g/mol. The number of aromatic carboxylic acids is 2. The molecule has 4 aromatic rings. The fourth-order valence-corrected chi connectivity index (χ4v) is 7.83. The summed E-state index contributed by atoms with van der Waals surface area (Å²) >= 11 is 0.354. The summed E-state index contributed by atoms with van der Waals surface area (Å²) in [5, 5.41) is 70.8. The van der Waals surface area contributed by atoms with Gasteiger partial charge in [0.1, 0.15) is 21.6 Å². The third-order valence-corrected chi connectivity index (χ3v) is 12.5. The zero-order valence-corrected chi connectivity index (χ0v) is 47.2. The Kier molecular flexibility index (Phi) is 32.1. The summed E-state index contributed by atoms with van der Waals surface area (Å²) in [5.41, 5.74) is -1.14. The van der Waals surface area contributed by atoms with E-state index in [1.165, 1.54) is 42.5 Å². The van der Waals surface area contributed by atoms with Crippen molar-refractivity contribution < 1.29 is 199 Å². The Bertz CT molecular complexity index is 2390. The first-order chi connectivity index (χ1) is 28.9. The van der Waals surface area contributed by atoms with Crippen molar-refractivity contribution in [3.63, 3.8) is 0 Å². The van der Waals surface area contributed by atoms with Crippen LogP contribution in [0.1, 0.15) is 34.1 Å². The molecule has 4 rings (SSSR count). The first-order valence-electron chi connectivity index (χ1n) is 17.2. The fourth-order valence-electron chi connectivity index (χ4n) is 4.89. The van der Waals surface area contributed by atoms with Gasteiger partial charge in [0.25, 0.3) is 0 Å². The summed E-state index contributed by atoms with van der Waals surface area (Å²) in [6.45, 7) is 5.61. The molecule has 21 nitrogen and oxygen atoms in total. The number of carboxylic acid groups (broad SMARTS) is 2. The number of aromatic hydroxyl groups is 2. The van der Waals surface area contributed by atoms with E-state index >= 15 is 0 Å². The van der Waals surface area contributed by atoms with E-state index in [2.05, 4.69) is 36.4 Å². The third kappa shape index (κ3) is 20.3. The van der Waals surface area contributed by atoms with Crippen LogP contribution in [0.3, 0.4) is 0 Å². The monoisotopic (exact) mass is 992 g/mol. The minimum absolute atomic E-state index is 0. The molecule has 0 aliphatic heterocycles. The van der Waals surface area contributed by atoms with E-state index in [1.54, 1.807) is 34.3 Å². The number of carbonyl (C=O) groups is 3. The molecular formula is C37H36N4Na4O17S2Si. The first kappa shape index (κ1) is 65.1. The van der Waals surface area contributed by atoms with Gasteiger partial charge >= 0.3 is 133 Å².